The summed E-state index contributed by atoms with van der Waals surface area (Å²) < 4.78 is 10.9. The lowest BCUT2D eigenvalue weighted by Gasteiger charge is -2.29. The normalized spacial score (nSPS) is 12.2. The van der Waals surface area contributed by atoms with E-state index < -0.39 is 36.1 Å². The van der Waals surface area contributed by atoms with Crippen molar-refractivity contribution in [3.8, 4) is 0 Å². The van der Waals surface area contributed by atoms with Crippen molar-refractivity contribution < 1.29 is 28.7 Å². The summed E-state index contributed by atoms with van der Waals surface area (Å²) in [6.07, 6.45) is 0.796. The number of nitrogens with one attached hydrogen (secondary N) is 3. The smallest absolute Gasteiger partial charge is 0.420 e. The molecule has 212 valence electrons. The van der Waals surface area contributed by atoms with E-state index in [9.17, 15) is 19.2 Å². The van der Waals surface area contributed by atoms with Crippen LogP contribution in [0, 0.1) is 5.92 Å². The molecule has 1 heterocycles. The maximum absolute atomic E-state index is 13.7. The molecule has 0 saturated heterocycles. The van der Waals surface area contributed by atoms with Crippen molar-refractivity contribution in [1.82, 2.24) is 25.6 Å². The van der Waals surface area contributed by atoms with Crippen LogP contribution in [0.2, 0.25) is 0 Å². The Labute approximate surface area is 232 Å². The molecule has 3 rings (SSSR count). The maximum Gasteiger partial charge on any atom is 0.420 e. The van der Waals surface area contributed by atoms with E-state index in [0.29, 0.717) is 21.7 Å². The van der Waals surface area contributed by atoms with E-state index in [0.717, 1.165) is 0 Å². The molecule has 0 aliphatic carbocycles. The number of nitrogens with two attached hydrogens (primary N) is 1. The summed E-state index contributed by atoms with van der Waals surface area (Å²) in [5, 5.41) is 2.63. The molecule has 0 aliphatic heterocycles. The number of hydrazine groups is 1. The van der Waals surface area contributed by atoms with E-state index >= 15 is 0 Å². The van der Waals surface area contributed by atoms with Crippen LogP contribution in [0.15, 0.2) is 73.2 Å². The predicted octanol–water partition coefficient (Wildman–Crippen LogP) is 2.82. The number of imidazole rings is 1. The fourth-order valence-electron chi connectivity index (χ4n) is 3.88. The molecule has 0 unspecified atom stereocenters. The van der Waals surface area contributed by atoms with Crippen LogP contribution in [-0.4, -0.2) is 51.0 Å². The Morgan fingerprint density at radius 3 is 1.90 bits per heavy atom. The number of benzene rings is 2. The third-order valence-corrected chi connectivity index (χ3v) is 5.87. The number of nitrogens with zero attached hydrogens (tertiary/aromatic N) is 2. The largest absolute Gasteiger partial charge is 0.444 e. The zero-order chi connectivity index (χ0) is 28.9. The molecule has 1 aromatic heterocycles. The van der Waals surface area contributed by atoms with E-state index in [1.54, 1.807) is 48.5 Å². The van der Waals surface area contributed by atoms with E-state index in [2.05, 4.69) is 15.3 Å². The van der Waals surface area contributed by atoms with Gasteiger partial charge in [0.05, 0.1) is 6.33 Å². The second kappa shape index (κ2) is 15.0. The molecule has 12 nitrogen and oxygen atoms in total. The monoisotopic (exact) mass is 550 g/mol. The highest BCUT2D eigenvalue weighted by Crippen LogP contribution is 2.16. The lowest BCUT2D eigenvalue weighted by atomic mass is 10.0. The Bertz CT molecular complexity index is 1180. The molecular formula is C28H34N6O6. The average molecular weight is 551 g/mol. The first-order chi connectivity index (χ1) is 19.3. The number of amides is 4. The molecular weight excluding hydrogens is 516 g/mol. The van der Waals surface area contributed by atoms with Gasteiger partial charge in [0.2, 0.25) is 5.91 Å². The van der Waals surface area contributed by atoms with E-state index in [1.165, 1.54) is 12.5 Å². The summed E-state index contributed by atoms with van der Waals surface area (Å²) in [6, 6.07) is 15.3. The number of hydrogen-bond donors (Lipinski definition) is 4. The van der Waals surface area contributed by atoms with Gasteiger partial charge in [-0.25, -0.2) is 20.4 Å². The van der Waals surface area contributed by atoms with Crippen molar-refractivity contribution in [3.63, 3.8) is 0 Å². The van der Waals surface area contributed by atoms with Crippen molar-refractivity contribution >= 4 is 24.0 Å². The molecule has 0 radical (unpaired) electrons. The van der Waals surface area contributed by atoms with Gasteiger partial charge in [-0.2, -0.15) is 4.90 Å². The predicted molar refractivity (Wildman–Crippen MR) is 145 cm³/mol. The summed E-state index contributed by atoms with van der Waals surface area (Å²) in [6.45, 7) is 3.46. The Hall–Kier alpha value is -4.71. The van der Waals surface area contributed by atoms with E-state index in [4.69, 9.17) is 15.3 Å². The molecule has 4 amide bonds. The van der Waals surface area contributed by atoms with Crippen LogP contribution in [0.25, 0.3) is 0 Å². The number of hydrogen-bond acceptors (Lipinski definition) is 8. The van der Waals surface area contributed by atoms with Gasteiger partial charge in [-0.1, -0.05) is 74.5 Å². The van der Waals surface area contributed by atoms with Crippen LogP contribution < -0.4 is 16.6 Å². The first kappa shape index (κ1) is 29.8. The molecule has 0 aliphatic rings. The van der Waals surface area contributed by atoms with Gasteiger partial charge in [0.25, 0.3) is 5.91 Å². The van der Waals surface area contributed by atoms with Gasteiger partial charge in [-0.15, -0.1) is 0 Å². The van der Waals surface area contributed by atoms with E-state index in [1.807, 2.05) is 31.4 Å². The Kier molecular flexibility index (Phi) is 11.2. The van der Waals surface area contributed by atoms with Gasteiger partial charge in [0, 0.05) is 18.3 Å². The standard InChI is InChI=1S/C28H34N6O6/c1-19(2)13-23(25(35)33-29)32-26(36)24(14-22-15-30-18-31-22)34(27(37)39-16-20-9-5-3-6-10-20)28(38)40-17-21-11-7-4-8-12-21/h3-12,15,18-19,23-24H,13-14,16-17,29H2,1-2H3,(H,30,31)(H,32,36)(H,33,35)/t23-,24+/m0/s1. The summed E-state index contributed by atoms with van der Waals surface area (Å²) in [5.41, 5.74) is 3.86. The molecule has 2 aromatic carbocycles. The molecule has 0 spiro atoms. The highest BCUT2D eigenvalue weighted by atomic mass is 16.6. The van der Waals surface area contributed by atoms with Crippen LogP contribution in [0.1, 0.15) is 37.1 Å². The number of ether oxygens (including phenoxy) is 2. The zero-order valence-electron chi connectivity index (χ0n) is 22.4. The molecule has 3 aromatic rings. The van der Waals surface area contributed by atoms with Gasteiger partial charge < -0.3 is 19.8 Å². The second-order valence-corrected chi connectivity index (χ2v) is 9.45. The summed E-state index contributed by atoms with van der Waals surface area (Å²) in [7, 11) is 0. The fraction of sp³-hybridized carbons (Fsp3) is 0.321. The summed E-state index contributed by atoms with van der Waals surface area (Å²) in [5.74, 6) is 3.96. The highest BCUT2D eigenvalue weighted by Gasteiger charge is 2.39. The number of imide groups is 1. The van der Waals surface area contributed by atoms with Crippen molar-refractivity contribution in [2.75, 3.05) is 0 Å². The molecule has 0 bridgehead atoms. The molecule has 0 saturated carbocycles. The molecule has 0 fully saturated rings. The van der Waals surface area contributed by atoms with Gasteiger partial charge >= 0.3 is 12.2 Å². The number of carbonyl (C=O) groups is 4. The second-order valence-electron chi connectivity index (χ2n) is 9.45. The third kappa shape index (κ3) is 8.95. The number of aromatic nitrogens is 2. The molecule has 40 heavy (non-hydrogen) atoms. The van der Waals surface area contributed by atoms with Gasteiger partial charge in [0.15, 0.2) is 0 Å². The lowest BCUT2D eigenvalue weighted by molar-refractivity contribution is -0.131. The summed E-state index contributed by atoms with van der Waals surface area (Å²) >= 11 is 0. The Balaban J connectivity index is 1.91. The fourth-order valence-corrected chi connectivity index (χ4v) is 3.88. The maximum atomic E-state index is 13.7. The zero-order valence-corrected chi connectivity index (χ0v) is 22.4. The molecule has 5 N–H and O–H groups in total. The van der Waals surface area contributed by atoms with Crippen molar-refractivity contribution in [3.05, 3.63) is 90.0 Å². The summed E-state index contributed by atoms with van der Waals surface area (Å²) in [4.78, 5) is 60.3. The Morgan fingerprint density at radius 1 is 0.900 bits per heavy atom. The van der Waals surface area contributed by atoms with Crippen molar-refractivity contribution in [1.29, 1.82) is 0 Å². The average Bonchev–Trinajstić information content (AvgIpc) is 3.48. The number of carbonyl (C=O) groups excluding carboxylic acids is 4. The van der Waals surface area contributed by atoms with Crippen molar-refractivity contribution in [2.45, 2.75) is 52.0 Å². The Morgan fingerprint density at radius 2 is 1.45 bits per heavy atom. The molecule has 2 atom stereocenters. The van der Waals surface area contributed by atoms with Crippen LogP contribution >= 0.6 is 0 Å². The van der Waals surface area contributed by atoms with Crippen LogP contribution in [-0.2, 0) is 38.7 Å². The van der Waals surface area contributed by atoms with Crippen molar-refractivity contribution in [2.24, 2.45) is 11.8 Å². The number of H-pyrrole nitrogens is 1. The van der Waals surface area contributed by atoms with Crippen LogP contribution in [0.3, 0.4) is 0 Å². The minimum atomic E-state index is -1.45. The topological polar surface area (TPSA) is 169 Å². The quantitative estimate of drug-likeness (QED) is 0.152. The minimum Gasteiger partial charge on any atom is -0.444 e. The van der Waals surface area contributed by atoms with Crippen LogP contribution in [0.4, 0.5) is 9.59 Å². The van der Waals surface area contributed by atoms with Gasteiger partial charge in [-0.05, 0) is 23.5 Å². The number of aromatic amines is 1. The van der Waals surface area contributed by atoms with Gasteiger partial charge in [-0.3, -0.25) is 15.0 Å². The lowest BCUT2D eigenvalue weighted by Crippen LogP contribution is -2.58. The third-order valence-electron chi connectivity index (χ3n) is 5.87. The number of rotatable bonds is 12. The molecule has 12 heteroatoms. The first-order valence-electron chi connectivity index (χ1n) is 12.8. The minimum absolute atomic E-state index is 0.0245. The van der Waals surface area contributed by atoms with Gasteiger partial charge in [0.1, 0.15) is 25.3 Å². The SMILES string of the molecule is CC(C)C[C@H](NC(=O)[C@@H](Cc1cnc[nH]1)N(C(=O)OCc1ccccc1)C(=O)OCc1ccccc1)C(=O)NN. The van der Waals surface area contributed by atoms with Crippen LogP contribution in [0.5, 0.6) is 0 Å². The van der Waals surface area contributed by atoms with E-state index in [-0.39, 0.29) is 32.0 Å². The highest BCUT2D eigenvalue weighted by molar-refractivity contribution is 5.97. The first-order valence-corrected chi connectivity index (χ1v) is 12.8.